The van der Waals surface area contributed by atoms with Gasteiger partial charge in [-0.05, 0) is 44.9 Å². The third-order valence-electron chi connectivity index (χ3n) is 5.58. The van der Waals surface area contributed by atoms with Crippen molar-refractivity contribution in [3.8, 4) is 0 Å². The zero-order chi connectivity index (χ0) is 28.3. The van der Waals surface area contributed by atoms with Crippen LogP contribution in [-0.4, -0.2) is 55.5 Å². The zero-order valence-electron chi connectivity index (χ0n) is 23.7. The second-order valence-electron chi connectivity index (χ2n) is 8.94. The normalized spacial score (nSPS) is 13.0. The summed E-state index contributed by atoms with van der Waals surface area (Å²) >= 11 is 0. The fraction of sp³-hybridized carbons (Fsp3) is 0.923. The minimum Gasteiger partial charge on any atom is -0.393 e. The Kier molecular flexibility index (Phi) is 28.2. The molecular weight excluding hydrogens is 520 g/mol. The van der Waals surface area contributed by atoms with Crippen LogP contribution in [0.4, 0.5) is 0 Å². The lowest BCUT2D eigenvalue weighted by Crippen LogP contribution is -2.08. The fourth-order valence-corrected chi connectivity index (χ4v) is 4.28. The van der Waals surface area contributed by atoms with E-state index in [-0.39, 0.29) is 19.3 Å². The van der Waals surface area contributed by atoms with Gasteiger partial charge in [0.25, 0.3) is 0 Å². The molecule has 0 aromatic carbocycles. The lowest BCUT2D eigenvalue weighted by molar-refractivity contribution is 0.150. The monoisotopic (exact) mass is 574 g/mol. The molecule has 0 radical (unpaired) electrons. The van der Waals surface area contributed by atoms with Crippen molar-refractivity contribution in [2.45, 2.75) is 129 Å². The summed E-state index contributed by atoms with van der Waals surface area (Å²) in [5.41, 5.74) is 0. The van der Waals surface area contributed by atoms with E-state index < -0.39 is 20.8 Å². The molecule has 9 nitrogen and oxygen atoms in total. The molecule has 1 atom stereocenters. The third kappa shape index (κ3) is 31.6. The van der Waals surface area contributed by atoms with Crippen LogP contribution < -0.4 is 0 Å². The summed E-state index contributed by atoms with van der Waals surface area (Å²) in [6, 6.07) is 0. The number of aliphatic hydroxyl groups is 1. The van der Waals surface area contributed by atoms with Gasteiger partial charge in [0.05, 0.1) is 33.5 Å². The van der Waals surface area contributed by atoms with Crippen molar-refractivity contribution in [1.82, 2.24) is 0 Å². The molecule has 0 amide bonds. The van der Waals surface area contributed by atoms with Gasteiger partial charge in [-0.3, -0.25) is 8.37 Å². The van der Waals surface area contributed by atoms with Crippen LogP contribution in [0.25, 0.3) is 0 Å². The van der Waals surface area contributed by atoms with Gasteiger partial charge in [-0.1, -0.05) is 90.2 Å². The van der Waals surface area contributed by atoms with Crippen LogP contribution in [-0.2, 0) is 37.5 Å². The van der Waals surface area contributed by atoms with Gasteiger partial charge in [0.15, 0.2) is 0 Å². The molecule has 37 heavy (non-hydrogen) atoms. The van der Waals surface area contributed by atoms with Gasteiger partial charge in [-0.2, -0.15) is 16.8 Å². The van der Waals surface area contributed by atoms with Crippen LogP contribution in [0.15, 0.2) is 12.2 Å². The molecule has 11 heteroatoms. The number of hydrogen-bond acceptors (Lipinski definition) is 9. The average Bonchev–Trinajstić information content (AvgIpc) is 2.86. The summed E-state index contributed by atoms with van der Waals surface area (Å²) in [6.07, 6.45) is 22.0. The molecule has 1 unspecified atom stereocenters. The third-order valence-corrected chi connectivity index (χ3v) is 7.31. The van der Waals surface area contributed by atoms with Crippen molar-refractivity contribution < 1.29 is 38.7 Å². The highest BCUT2D eigenvalue weighted by Gasteiger charge is 2.08. The molecule has 0 heterocycles. The van der Waals surface area contributed by atoms with E-state index in [9.17, 15) is 21.9 Å². The Bertz CT molecular complexity index is 708. The van der Waals surface area contributed by atoms with E-state index in [1.807, 2.05) is 0 Å². The molecule has 0 aliphatic heterocycles. The molecule has 0 saturated carbocycles. The topological polar surface area (TPSA) is 125 Å². The molecule has 1 N–H and O–H groups in total. The number of allylic oxidation sites excluding steroid dienone is 2. The molecule has 0 saturated heterocycles. The van der Waals surface area contributed by atoms with Crippen LogP contribution in [0, 0.1) is 0 Å². The van der Waals surface area contributed by atoms with E-state index in [0.717, 1.165) is 97.7 Å². The van der Waals surface area contributed by atoms with Crippen LogP contribution in [0.1, 0.15) is 123 Å². The van der Waals surface area contributed by atoms with E-state index in [4.69, 9.17) is 0 Å². The molecule has 0 bridgehead atoms. The predicted octanol–water partition coefficient (Wildman–Crippen LogP) is 6.38. The molecule has 0 aliphatic carbocycles. The van der Waals surface area contributed by atoms with E-state index in [2.05, 4.69) is 42.7 Å². The Morgan fingerprint density at radius 2 is 1.05 bits per heavy atom. The molecule has 0 spiro atoms. The SMILES string of the molecule is CC/C=C/CCCCCCCCOS(=O)(=O)OC.CCCC(O)CCCCCCCCOS(=O)(=O)OC. The van der Waals surface area contributed by atoms with Gasteiger partial charge in [-0.15, -0.1) is 0 Å². The summed E-state index contributed by atoms with van der Waals surface area (Å²) in [5.74, 6) is 0. The van der Waals surface area contributed by atoms with Gasteiger partial charge in [-0.25, -0.2) is 8.37 Å². The highest BCUT2D eigenvalue weighted by atomic mass is 32.3. The first kappa shape index (κ1) is 38.6. The average molecular weight is 575 g/mol. The van der Waals surface area contributed by atoms with Crippen molar-refractivity contribution in [1.29, 1.82) is 0 Å². The highest BCUT2D eigenvalue weighted by Crippen LogP contribution is 2.12. The maximum absolute atomic E-state index is 10.8. The summed E-state index contributed by atoms with van der Waals surface area (Å²) in [6.45, 7) is 4.62. The van der Waals surface area contributed by atoms with Crippen molar-refractivity contribution in [3.05, 3.63) is 12.2 Å². The molecule has 0 aliphatic rings. The molecule has 224 valence electrons. The highest BCUT2D eigenvalue weighted by molar-refractivity contribution is 7.82. The first-order valence-corrected chi connectivity index (χ1v) is 16.5. The van der Waals surface area contributed by atoms with Crippen molar-refractivity contribution in [2.24, 2.45) is 0 Å². The standard InChI is InChI=1S/C13H28O5S.C13H26O4S/c1-3-10-13(14)11-8-6-4-5-7-9-12-18-19(15,16)17-2;1-3-4-5-6-7-8-9-10-11-12-13-17-18(14,15)16-2/h13-14H,3-12H2,1-2H3;4-5H,3,6-13H2,1-2H3/b;5-4+. The lowest BCUT2D eigenvalue weighted by Gasteiger charge is -2.08. The van der Waals surface area contributed by atoms with E-state index >= 15 is 0 Å². The van der Waals surface area contributed by atoms with Crippen LogP contribution in [0.2, 0.25) is 0 Å². The number of rotatable bonds is 25. The largest absolute Gasteiger partial charge is 0.399 e. The molecule has 0 fully saturated rings. The summed E-state index contributed by atoms with van der Waals surface area (Å²) in [4.78, 5) is 0. The zero-order valence-corrected chi connectivity index (χ0v) is 25.3. The fourth-order valence-electron chi connectivity index (χ4n) is 3.44. The number of unbranched alkanes of at least 4 members (excludes halogenated alkanes) is 11. The Morgan fingerprint density at radius 1 is 0.622 bits per heavy atom. The maximum atomic E-state index is 10.8. The van der Waals surface area contributed by atoms with E-state index in [1.54, 1.807) is 0 Å². The van der Waals surface area contributed by atoms with Gasteiger partial charge >= 0.3 is 20.8 Å². The van der Waals surface area contributed by atoms with Gasteiger partial charge in [0, 0.05) is 0 Å². The van der Waals surface area contributed by atoms with E-state index in [0.29, 0.717) is 0 Å². The van der Waals surface area contributed by atoms with Crippen molar-refractivity contribution >= 4 is 20.8 Å². The second kappa shape index (κ2) is 27.0. The number of aliphatic hydroxyl groups excluding tert-OH is 1. The summed E-state index contributed by atoms with van der Waals surface area (Å²) in [5, 5.41) is 9.54. The van der Waals surface area contributed by atoms with E-state index in [1.165, 1.54) is 25.7 Å². The summed E-state index contributed by atoms with van der Waals surface area (Å²) in [7, 11) is -5.32. The molecule has 0 rings (SSSR count). The van der Waals surface area contributed by atoms with Gasteiger partial charge in [0.1, 0.15) is 0 Å². The van der Waals surface area contributed by atoms with Crippen LogP contribution in [0.5, 0.6) is 0 Å². The Hall–Kier alpha value is -0.560. The Labute approximate surface area is 228 Å². The molecule has 0 aromatic rings. The minimum atomic E-state index is -3.76. The Morgan fingerprint density at radius 3 is 1.49 bits per heavy atom. The smallest absolute Gasteiger partial charge is 0.393 e. The molecular formula is C26H54O9S2. The number of hydrogen-bond donors (Lipinski definition) is 1. The molecule has 0 aromatic heterocycles. The van der Waals surface area contributed by atoms with Gasteiger partial charge < -0.3 is 5.11 Å². The minimum absolute atomic E-state index is 0.141. The van der Waals surface area contributed by atoms with Crippen LogP contribution in [0.3, 0.4) is 0 Å². The first-order valence-electron chi connectivity index (χ1n) is 13.9. The van der Waals surface area contributed by atoms with Crippen molar-refractivity contribution in [2.75, 3.05) is 27.4 Å². The maximum Gasteiger partial charge on any atom is 0.399 e. The van der Waals surface area contributed by atoms with Crippen molar-refractivity contribution in [3.63, 3.8) is 0 Å². The summed E-state index contributed by atoms with van der Waals surface area (Å²) < 4.78 is 60.8. The Balaban J connectivity index is 0. The first-order chi connectivity index (χ1) is 17.6. The second-order valence-corrected chi connectivity index (χ2v) is 11.7. The van der Waals surface area contributed by atoms with Gasteiger partial charge in [0.2, 0.25) is 0 Å². The lowest BCUT2D eigenvalue weighted by atomic mass is 10.0. The van der Waals surface area contributed by atoms with Crippen LogP contribution >= 0.6 is 0 Å². The quantitative estimate of drug-likeness (QED) is 0.0976. The predicted molar refractivity (Wildman–Crippen MR) is 149 cm³/mol.